The highest BCUT2D eigenvalue weighted by Crippen LogP contribution is 2.18. The molecule has 0 aliphatic carbocycles. The summed E-state index contributed by atoms with van der Waals surface area (Å²) < 4.78 is 23.0. The van der Waals surface area contributed by atoms with Crippen molar-refractivity contribution in [3.8, 4) is 0 Å². The fourth-order valence-electron chi connectivity index (χ4n) is 9.95. The number of carbonyl (C=O) groups excluding carboxylic acids is 2. The number of esters is 2. The maximum absolute atomic E-state index is 12.9. The fourth-order valence-corrected chi connectivity index (χ4v) is 9.95. The molecule has 0 bridgehead atoms. The van der Waals surface area contributed by atoms with E-state index in [1.54, 1.807) is 0 Å². The maximum atomic E-state index is 12.9. The van der Waals surface area contributed by atoms with Crippen molar-refractivity contribution < 1.29 is 42.9 Å². The Labute approximate surface area is 489 Å². The van der Waals surface area contributed by atoms with Crippen molar-refractivity contribution in [3.63, 3.8) is 0 Å². The Bertz CT molecular complexity index is 1430. The lowest BCUT2D eigenvalue weighted by atomic mass is 10.0. The number of nitrogens with zero attached hydrogens (tertiary/aromatic N) is 1. The molecule has 0 aliphatic heterocycles. The van der Waals surface area contributed by atoms with Crippen molar-refractivity contribution in [1.29, 1.82) is 0 Å². The predicted octanol–water partition coefficient (Wildman–Crippen LogP) is 20.6. The lowest BCUT2D eigenvalue weighted by molar-refractivity contribution is -0.870. The molecule has 462 valence electrons. The number of quaternary nitrogens is 1. The molecule has 0 radical (unpaired) electrons. The molecule has 0 spiro atoms. The normalized spacial score (nSPS) is 13.0. The summed E-state index contributed by atoms with van der Waals surface area (Å²) in [5.74, 6) is -1.98. The van der Waals surface area contributed by atoms with Crippen molar-refractivity contribution in [2.24, 2.45) is 0 Å². The summed E-state index contributed by atoms with van der Waals surface area (Å²) in [5, 5.41) is 9.73. The highest BCUT2D eigenvalue weighted by molar-refractivity contribution is 5.71. The molecule has 2 unspecified atom stereocenters. The van der Waals surface area contributed by atoms with Crippen LogP contribution in [0.1, 0.15) is 322 Å². The highest BCUT2D eigenvalue weighted by atomic mass is 16.7. The number of carboxylic acids is 1. The summed E-state index contributed by atoms with van der Waals surface area (Å²) in [6, 6.07) is 0. The molecular formula is C70H130NO8+. The minimum Gasteiger partial charge on any atom is -0.477 e. The quantitative estimate of drug-likeness (QED) is 0.0211. The van der Waals surface area contributed by atoms with Crippen LogP contribution in [0.4, 0.5) is 0 Å². The molecule has 0 rings (SSSR count). The summed E-state index contributed by atoms with van der Waals surface area (Å²) in [4.78, 5) is 37.5. The Morgan fingerprint density at radius 2 is 0.722 bits per heavy atom. The first-order chi connectivity index (χ1) is 38.6. The average Bonchev–Trinajstić information content (AvgIpc) is 3.42. The Morgan fingerprint density at radius 3 is 1.08 bits per heavy atom. The summed E-state index contributed by atoms with van der Waals surface area (Å²) in [6.45, 7) is 4.83. The SMILES string of the molecule is CC/C=C\C/C=C\C/C=C\C/C=C\CCCCCCCCCCCCCCCCCCCCCCCCC(=O)OC(COC(=O)CCCCCCCCCCCCCCCCCCCCC)COC(OCC[N+](C)(C)C)C(=O)O. The summed E-state index contributed by atoms with van der Waals surface area (Å²) in [5.41, 5.74) is 0. The zero-order valence-corrected chi connectivity index (χ0v) is 52.8. The topological polar surface area (TPSA) is 108 Å². The van der Waals surface area contributed by atoms with Crippen LogP contribution < -0.4 is 0 Å². The molecule has 0 aliphatic rings. The van der Waals surface area contributed by atoms with Gasteiger partial charge in [0.25, 0.3) is 6.29 Å². The van der Waals surface area contributed by atoms with Crippen LogP contribution in [0.5, 0.6) is 0 Å². The number of hydrogen-bond donors (Lipinski definition) is 1. The first-order valence-corrected chi connectivity index (χ1v) is 33.8. The van der Waals surface area contributed by atoms with Crippen molar-refractivity contribution in [3.05, 3.63) is 48.6 Å². The number of ether oxygens (including phenoxy) is 4. The maximum Gasteiger partial charge on any atom is 0.361 e. The number of likely N-dealkylation sites (N-methyl/N-ethyl adjacent to an activating group) is 1. The molecule has 0 saturated heterocycles. The molecule has 2 atom stereocenters. The zero-order valence-electron chi connectivity index (χ0n) is 52.8. The van der Waals surface area contributed by atoms with Crippen LogP contribution in [0.3, 0.4) is 0 Å². The van der Waals surface area contributed by atoms with E-state index in [0.29, 0.717) is 17.4 Å². The number of unbranched alkanes of at least 4 members (excludes halogenated alkanes) is 40. The average molecular weight is 1110 g/mol. The molecule has 0 aromatic rings. The smallest absolute Gasteiger partial charge is 0.361 e. The van der Waals surface area contributed by atoms with Gasteiger partial charge in [-0.3, -0.25) is 9.59 Å². The van der Waals surface area contributed by atoms with Gasteiger partial charge in [-0.25, -0.2) is 4.79 Å². The lowest BCUT2D eigenvalue weighted by Crippen LogP contribution is -2.40. The van der Waals surface area contributed by atoms with E-state index in [4.69, 9.17) is 18.9 Å². The van der Waals surface area contributed by atoms with Crippen LogP contribution >= 0.6 is 0 Å². The summed E-state index contributed by atoms with van der Waals surface area (Å²) in [7, 11) is 5.99. The third-order valence-electron chi connectivity index (χ3n) is 15.1. The van der Waals surface area contributed by atoms with Gasteiger partial charge in [0.2, 0.25) is 0 Å². The molecule has 9 nitrogen and oxygen atoms in total. The molecule has 0 fully saturated rings. The number of rotatable bonds is 63. The second-order valence-corrected chi connectivity index (χ2v) is 24.1. The van der Waals surface area contributed by atoms with E-state index in [1.807, 2.05) is 21.1 Å². The Morgan fingerprint density at radius 1 is 0.392 bits per heavy atom. The fraction of sp³-hybridized carbons (Fsp3) is 0.843. The van der Waals surface area contributed by atoms with Crippen LogP contribution in [0, 0.1) is 0 Å². The minimum absolute atomic E-state index is 0.176. The summed E-state index contributed by atoms with van der Waals surface area (Å²) >= 11 is 0. The van der Waals surface area contributed by atoms with Crippen LogP contribution in [0.15, 0.2) is 48.6 Å². The first kappa shape index (κ1) is 76.2. The van der Waals surface area contributed by atoms with Crippen LogP contribution in [0.2, 0.25) is 0 Å². The van der Waals surface area contributed by atoms with E-state index in [2.05, 4.69) is 62.5 Å². The lowest BCUT2D eigenvalue weighted by Gasteiger charge is -2.25. The predicted molar refractivity (Wildman–Crippen MR) is 337 cm³/mol. The standard InChI is InChI=1S/C70H129NO8/c1-6-8-10-12-14-16-18-20-22-24-26-27-28-29-30-31-32-33-34-35-36-37-38-39-40-41-43-45-47-49-51-53-55-57-59-61-68(73)79-66(65-78-70(69(74)75)76-63-62-71(3,4)5)64-77-67(72)60-58-56-54-52-50-48-46-44-42-25-23-21-19-17-15-13-11-9-7-2/h8,10,14,16,20,22,26-27,66,70H,6-7,9,11-13,15,17-19,21,23-25,28-65H2,1-5H3/p+1/b10-8-,16-14-,22-20-,27-26-. The summed E-state index contributed by atoms with van der Waals surface area (Å²) in [6.07, 6.45) is 75.1. The molecule has 0 saturated carbocycles. The number of carbonyl (C=O) groups is 3. The third kappa shape index (κ3) is 62.7. The Balaban J connectivity index is 4.03. The van der Waals surface area contributed by atoms with Gasteiger partial charge in [0.05, 0.1) is 34.4 Å². The van der Waals surface area contributed by atoms with E-state index in [9.17, 15) is 19.5 Å². The van der Waals surface area contributed by atoms with Gasteiger partial charge in [-0.2, -0.15) is 0 Å². The van der Waals surface area contributed by atoms with Crippen molar-refractivity contribution >= 4 is 17.9 Å². The Hall–Kier alpha value is -2.75. The molecule has 0 aromatic carbocycles. The van der Waals surface area contributed by atoms with Gasteiger partial charge in [-0.1, -0.05) is 306 Å². The van der Waals surface area contributed by atoms with E-state index in [-0.39, 0.29) is 38.2 Å². The molecule has 9 heteroatoms. The monoisotopic (exact) mass is 1110 g/mol. The largest absolute Gasteiger partial charge is 0.477 e. The number of carboxylic acid groups (broad SMARTS) is 1. The van der Waals surface area contributed by atoms with Gasteiger partial charge in [-0.15, -0.1) is 0 Å². The second kappa shape index (κ2) is 61.3. The van der Waals surface area contributed by atoms with Gasteiger partial charge in [-0.05, 0) is 51.4 Å². The molecule has 0 amide bonds. The van der Waals surface area contributed by atoms with E-state index in [0.717, 1.165) is 64.2 Å². The molecule has 79 heavy (non-hydrogen) atoms. The van der Waals surface area contributed by atoms with Crippen molar-refractivity contribution in [2.75, 3.05) is 47.5 Å². The minimum atomic E-state index is -1.51. The zero-order chi connectivity index (χ0) is 57.6. The molecular weight excluding hydrogens is 983 g/mol. The third-order valence-corrected chi connectivity index (χ3v) is 15.1. The molecule has 0 heterocycles. The van der Waals surface area contributed by atoms with Crippen LogP contribution in [-0.2, 0) is 33.3 Å². The number of aliphatic carboxylic acids is 1. The van der Waals surface area contributed by atoms with Gasteiger partial charge in [0.15, 0.2) is 6.10 Å². The van der Waals surface area contributed by atoms with Gasteiger partial charge in [0.1, 0.15) is 13.2 Å². The van der Waals surface area contributed by atoms with Gasteiger partial charge >= 0.3 is 17.9 Å². The highest BCUT2D eigenvalue weighted by Gasteiger charge is 2.25. The van der Waals surface area contributed by atoms with Gasteiger partial charge < -0.3 is 28.5 Å². The van der Waals surface area contributed by atoms with Gasteiger partial charge in [0, 0.05) is 12.8 Å². The number of hydrogen-bond acceptors (Lipinski definition) is 7. The van der Waals surface area contributed by atoms with Crippen molar-refractivity contribution in [2.45, 2.75) is 334 Å². The first-order valence-electron chi connectivity index (χ1n) is 33.8. The number of allylic oxidation sites excluding steroid dienone is 8. The van der Waals surface area contributed by atoms with E-state index >= 15 is 0 Å². The van der Waals surface area contributed by atoms with Crippen LogP contribution in [0.25, 0.3) is 0 Å². The second-order valence-electron chi connectivity index (χ2n) is 24.1. The molecule has 0 aromatic heterocycles. The van der Waals surface area contributed by atoms with Crippen LogP contribution in [-0.4, -0.2) is 87.4 Å². The van der Waals surface area contributed by atoms with E-state index in [1.165, 1.54) is 231 Å². The van der Waals surface area contributed by atoms with Crippen molar-refractivity contribution in [1.82, 2.24) is 0 Å². The Kier molecular flexibility index (Phi) is 59.2. The molecule has 1 N–H and O–H groups in total. The van der Waals surface area contributed by atoms with E-state index < -0.39 is 18.4 Å².